The number of benzene rings is 1. The smallest absolute Gasteiger partial charge is 0.196 e. The predicted molar refractivity (Wildman–Crippen MR) is 70.8 cm³/mol. The summed E-state index contributed by atoms with van der Waals surface area (Å²) in [7, 11) is 0. The monoisotopic (exact) mass is 285 g/mol. The van der Waals surface area contributed by atoms with Crippen LogP contribution in [-0.2, 0) is 0 Å². The summed E-state index contributed by atoms with van der Waals surface area (Å²) >= 11 is 6.79. The number of halogens is 2. The molecule has 0 unspecified atom stereocenters. The van der Waals surface area contributed by atoms with E-state index in [2.05, 4.69) is 9.97 Å². The fraction of sp³-hybridized carbons (Fsp3) is 0. The van der Waals surface area contributed by atoms with Crippen molar-refractivity contribution >= 4 is 40.7 Å². The average Bonchev–Trinajstić information content (AvgIpc) is 2.24. The molecule has 0 amide bonds. The molecular formula is C10H9ClFN5S. The Bertz CT molecular complexity index is 587. The fourth-order valence-corrected chi connectivity index (χ4v) is 2.32. The molecule has 0 aliphatic carbocycles. The minimum atomic E-state index is -0.577. The SMILES string of the molecule is Nc1cc(N)nc(Sc2cc(Cl)c(F)cc2N)n1. The standard InChI is InChI=1S/C10H9ClFN5S/c11-4-1-7(6(13)2-5(4)12)18-10-16-8(14)3-9(15)17-10/h1-3H,13H2,(H4,14,15,16,17). The van der Waals surface area contributed by atoms with Crippen molar-refractivity contribution in [1.29, 1.82) is 0 Å². The first-order chi connectivity index (χ1) is 8.45. The third-order valence-electron chi connectivity index (χ3n) is 2.00. The molecule has 8 heteroatoms. The Morgan fingerprint density at radius 2 is 1.67 bits per heavy atom. The van der Waals surface area contributed by atoms with E-state index in [1.807, 2.05) is 0 Å². The molecule has 2 rings (SSSR count). The summed E-state index contributed by atoms with van der Waals surface area (Å²) in [5.41, 5.74) is 17.0. The molecule has 6 N–H and O–H groups in total. The third kappa shape index (κ3) is 2.74. The number of aromatic nitrogens is 2. The lowest BCUT2D eigenvalue weighted by Crippen LogP contribution is -1.99. The van der Waals surface area contributed by atoms with Crippen molar-refractivity contribution in [2.45, 2.75) is 10.1 Å². The molecule has 5 nitrogen and oxygen atoms in total. The van der Waals surface area contributed by atoms with Crippen LogP contribution in [0.15, 0.2) is 28.3 Å². The molecule has 0 aliphatic heterocycles. The number of nitrogen functional groups attached to an aromatic ring is 3. The zero-order valence-electron chi connectivity index (χ0n) is 9.02. The number of hydrogen-bond donors (Lipinski definition) is 3. The van der Waals surface area contributed by atoms with Crippen LogP contribution in [0, 0.1) is 5.82 Å². The van der Waals surface area contributed by atoms with Crippen LogP contribution >= 0.6 is 23.4 Å². The lowest BCUT2D eigenvalue weighted by atomic mass is 10.3. The summed E-state index contributed by atoms with van der Waals surface area (Å²) in [5.74, 6) is -0.0833. The second-order valence-electron chi connectivity index (χ2n) is 3.41. The van der Waals surface area contributed by atoms with E-state index in [9.17, 15) is 4.39 Å². The van der Waals surface area contributed by atoms with Crippen LogP contribution in [0.25, 0.3) is 0 Å². The molecule has 1 aromatic carbocycles. The molecule has 0 saturated heterocycles. The highest BCUT2D eigenvalue weighted by atomic mass is 35.5. The zero-order valence-corrected chi connectivity index (χ0v) is 10.6. The van der Waals surface area contributed by atoms with Gasteiger partial charge in [0.25, 0.3) is 0 Å². The largest absolute Gasteiger partial charge is 0.398 e. The molecule has 1 aromatic heterocycles. The van der Waals surface area contributed by atoms with Crippen LogP contribution in [0.5, 0.6) is 0 Å². The summed E-state index contributed by atoms with van der Waals surface area (Å²) in [5, 5.41) is 0.297. The molecule has 0 fully saturated rings. The van der Waals surface area contributed by atoms with Crippen LogP contribution in [0.4, 0.5) is 21.7 Å². The third-order valence-corrected chi connectivity index (χ3v) is 3.23. The molecule has 1 heterocycles. The van der Waals surface area contributed by atoms with Crippen molar-refractivity contribution in [2.75, 3.05) is 17.2 Å². The summed E-state index contributed by atoms with van der Waals surface area (Å²) in [6, 6.07) is 3.98. The minimum absolute atomic E-state index is 0.0245. The highest BCUT2D eigenvalue weighted by Gasteiger charge is 2.10. The second-order valence-corrected chi connectivity index (χ2v) is 4.82. The molecule has 0 spiro atoms. The summed E-state index contributed by atoms with van der Waals surface area (Å²) in [6.07, 6.45) is 0. The van der Waals surface area contributed by atoms with Crippen LogP contribution in [-0.4, -0.2) is 9.97 Å². The Kier molecular flexibility index (Phi) is 3.44. The Balaban J connectivity index is 2.36. The van der Waals surface area contributed by atoms with E-state index in [0.717, 1.165) is 17.8 Å². The van der Waals surface area contributed by atoms with Crippen molar-refractivity contribution in [3.05, 3.63) is 29.0 Å². The minimum Gasteiger partial charge on any atom is -0.398 e. The Morgan fingerprint density at radius 3 is 2.28 bits per heavy atom. The number of hydrogen-bond acceptors (Lipinski definition) is 6. The van der Waals surface area contributed by atoms with Gasteiger partial charge in [-0.3, -0.25) is 0 Å². The van der Waals surface area contributed by atoms with Gasteiger partial charge in [-0.25, -0.2) is 14.4 Å². The number of rotatable bonds is 2. The van der Waals surface area contributed by atoms with Gasteiger partial charge in [0.15, 0.2) is 5.16 Å². The maximum Gasteiger partial charge on any atom is 0.196 e. The first-order valence-corrected chi connectivity index (χ1v) is 5.97. The zero-order chi connectivity index (χ0) is 13.3. The van der Waals surface area contributed by atoms with Gasteiger partial charge in [0.2, 0.25) is 0 Å². The number of nitrogens with zero attached hydrogens (tertiary/aromatic N) is 2. The maximum atomic E-state index is 13.1. The molecule has 0 radical (unpaired) electrons. The number of anilines is 3. The van der Waals surface area contributed by atoms with E-state index < -0.39 is 5.82 Å². The lowest BCUT2D eigenvalue weighted by molar-refractivity contribution is 0.628. The van der Waals surface area contributed by atoms with Gasteiger partial charge in [-0.2, -0.15) is 0 Å². The topological polar surface area (TPSA) is 104 Å². The average molecular weight is 286 g/mol. The van der Waals surface area contributed by atoms with Gasteiger partial charge in [-0.05, 0) is 23.9 Å². The van der Waals surface area contributed by atoms with E-state index in [-0.39, 0.29) is 22.3 Å². The number of nitrogens with two attached hydrogens (primary N) is 3. The maximum absolute atomic E-state index is 13.1. The molecule has 0 bridgehead atoms. The summed E-state index contributed by atoms with van der Waals surface area (Å²) < 4.78 is 13.1. The normalized spacial score (nSPS) is 10.6. The van der Waals surface area contributed by atoms with Gasteiger partial charge in [0.05, 0.1) is 5.02 Å². The Morgan fingerprint density at radius 1 is 1.06 bits per heavy atom. The Hall–Kier alpha value is -1.73. The van der Waals surface area contributed by atoms with E-state index >= 15 is 0 Å². The van der Waals surface area contributed by atoms with Gasteiger partial charge in [0, 0.05) is 16.6 Å². The fourth-order valence-electron chi connectivity index (χ4n) is 1.24. The second kappa shape index (κ2) is 4.87. The van der Waals surface area contributed by atoms with Gasteiger partial charge in [0.1, 0.15) is 17.5 Å². The molecule has 0 atom stereocenters. The van der Waals surface area contributed by atoms with Gasteiger partial charge in [-0.15, -0.1) is 0 Å². The quantitative estimate of drug-likeness (QED) is 0.577. The van der Waals surface area contributed by atoms with E-state index in [1.165, 1.54) is 12.1 Å². The first kappa shape index (κ1) is 12.7. The molecular weight excluding hydrogens is 277 g/mol. The van der Waals surface area contributed by atoms with Crippen LogP contribution in [0.2, 0.25) is 5.02 Å². The van der Waals surface area contributed by atoms with Crippen molar-refractivity contribution in [3.63, 3.8) is 0 Å². The predicted octanol–water partition coefficient (Wildman–Crippen LogP) is 2.17. The highest BCUT2D eigenvalue weighted by Crippen LogP contribution is 2.34. The van der Waals surface area contributed by atoms with Crippen LogP contribution < -0.4 is 17.2 Å². The summed E-state index contributed by atoms with van der Waals surface area (Å²) in [4.78, 5) is 8.49. The van der Waals surface area contributed by atoms with E-state index in [4.69, 9.17) is 28.8 Å². The van der Waals surface area contributed by atoms with Gasteiger partial charge in [-0.1, -0.05) is 11.6 Å². The van der Waals surface area contributed by atoms with Gasteiger partial charge < -0.3 is 17.2 Å². The molecule has 0 aliphatic rings. The van der Waals surface area contributed by atoms with E-state index in [0.29, 0.717) is 10.1 Å². The summed E-state index contributed by atoms with van der Waals surface area (Å²) in [6.45, 7) is 0. The van der Waals surface area contributed by atoms with Gasteiger partial charge >= 0.3 is 0 Å². The Labute approximate surface area is 112 Å². The molecule has 2 aromatic rings. The van der Waals surface area contributed by atoms with E-state index in [1.54, 1.807) is 0 Å². The highest BCUT2D eigenvalue weighted by molar-refractivity contribution is 7.99. The molecule has 0 saturated carbocycles. The first-order valence-electron chi connectivity index (χ1n) is 4.78. The lowest BCUT2D eigenvalue weighted by Gasteiger charge is -2.06. The van der Waals surface area contributed by atoms with Crippen molar-refractivity contribution in [3.8, 4) is 0 Å². The van der Waals surface area contributed by atoms with Crippen molar-refractivity contribution in [1.82, 2.24) is 9.97 Å². The molecule has 18 heavy (non-hydrogen) atoms. The van der Waals surface area contributed by atoms with Crippen LogP contribution in [0.1, 0.15) is 0 Å². The molecule has 94 valence electrons. The van der Waals surface area contributed by atoms with Crippen molar-refractivity contribution in [2.24, 2.45) is 0 Å². The van der Waals surface area contributed by atoms with Crippen molar-refractivity contribution < 1.29 is 4.39 Å². The van der Waals surface area contributed by atoms with Crippen LogP contribution in [0.3, 0.4) is 0 Å².